The van der Waals surface area contributed by atoms with Crippen molar-refractivity contribution in [1.29, 1.82) is 0 Å². The molecule has 0 bridgehead atoms. The third kappa shape index (κ3) is 8.59. The van der Waals surface area contributed by atoms with Crippen LogP contribution in [0.25, 0.3) is 0 Å². The summed E-state index contributed by atoms with van der Waals surface area (Å²) in [7, 11) is 1.74. The topological polar surface area (TPSA) is 48.9 Å². The molecule has 1 aliphatic rings. The minimum Gasteiger partial charge on any atom is -0.385 e. The number of rotatable bonds is 9. The maximum atomic E-state index is 5.08. The van der Waals surface area contributed by atoms with Gasteiger partial charge in [0.25, 0.3) is 0 Å². The summed E-state index contributed by atoms with van der Waals surface area (Å²) in [5, 5.41) is 6.71. The Morgan fingerprint density at radius 2 is 2.18 bits per heavy atom. The van der Waals surface area contributed by atoms with Gasteiger partial charge in [-0.2, -0.15) is 0 Å². The van der Waals surface area contributed by atoms with Crippen LogP contribution in [0.15, 0.2) is 4.99 Å². The van der Waals surface area contributed by atoms with Gasteiger partial charge in [-0.1, -0.05) is 13.8 Å². The molecule has 1 rings (SSSR count). The Morgan fingerprint density at radius 3 is 2.86 bits per heavy atom. The Hall–Kier alpha value is -0.810. The van der Waals surface area contributed by atoms with Crippen LogP contribution in [0.1, 0.15) is 40.0 Å². The van der Waals surface area contributed by atoms with Crippen molar-refractivity contribution in [1.82, 2.24) is 15.5 Å². The van der Waals surface area contributed by atoms with Crippen molar-refractivity contribution in [3.05, 3.63) is 0 Å². The van der Waals surface area contributed by atoms with Gasteiger partial charge in [0.15, 0.2) is 5.96 Å². The van der Waals surface area contributed by atoms with Crippen LogP contribution in [0.5, 0.6) is 0 Å². The highest BCUT2D eigenvalue weighted by Crippen LogP contribution is 2.17. The van der Waals surface area contributed by atoms with E-state index < -0.39 is 0 Å². The fourth-order valence-electron chi connectivity index (χ4n) is 2.97. The predicted octanol–water partition coefficient (Wildman–Crippen LogP) is 1.95. The highest BCUT2D eigenvalue weighted by atomic mass is 16.5. The zero-order chi connectivity index (χ0) is 16.2. The first-order valence-corrected chi connectivity index (χ1v) is 8.89. The van der Waals surface area contributed by atoms with E-state index in [1.54, 1.807) is 7.11 Å². The lowest BCUT2D eigenvalue weighted by molar-refractivity contribution is 0.162. The van der Waals surface area contributed by atoms with Gasteiger partial charge < -0.3 is 20.3 Å². The Morgan fingerprint density at radius 1 is 1.36 bits per heavy atom. The van der Waals surface area contributed by atoms with E-state index >= 15 is 0 Å². The molecule has 5 heteroatoms. The molecule has 0 aromatic heterocycles. The number of methoxy groups -OCH3 is 1. The van der Waals surface area contributed by atoms with Crippen molar-refractivity contribution >= 4 is 5.96 Å². The minimum atomic E-state index is 0.696. The van der Waals surface area contributed by atoms with Gasteiger partial charge in [-0.25, -0.2) is 0 Å². The summed E-state index contributed by atoms with van der Waals surface area (Å²) in [6, 6.07) is 0. The number of likely N-dealkylation sites (tertiary alicyclic amines) is 1. The molecule has 0 aromatic carbocycles. The third-order valence-electron chi connectivity index (χ3n) is 3.90. The van der Waals surface area contributed by atoms with Gasteiger partial charge in [0.05, 0.1) is 0 Å². The predicted molar refractivity (Wildman–Crippen MR) is 94.5 cm³/mol. The van der Waals surface area contributed by atoms with Crippen molar-refractivity contribution in [2.75, 3.05) is 53.0 Å². The Balaban J connectivity index is 2.36. The lowest BCUT2D eigenvalue weighted by Gasteiger charge is -2.33. The number of hydrogen-bond donors (Lipinski definition) is 2. The fraction of sp³-hybridized carbons (Fsp3) is 0.941. The summed E-state index contributed by atoms with van der Waals surface area (Å²) in [4.78, 5) is 7.38. The quantitative estimate of drug-likeness (QED) is 0.388. The van der Waals surface area contributed by atoms with E-state index in [9.17, 15) is 0 Å². The first-order chi connectivity index (χ1) is 10.7. The van der Waals surface area contributed by atoms with Crippen LogP contribution in [-0.2, 0) is 4.74 Å². The maximum Gasteiger partial charge on any atom is 0.191 e. The SMILES string of the molecule is CCNC(=NCC1CCCN(CC(C)C)C1)NCCCOC. The normalized spacial score (nSPS) is 20.4. The molecule has 1 heterocycles. The van der Waals surface area contributed by atoms with Gasteiger partial charge in [0, 0.05) is 46.4 Å². The van der Waals surface area contributed by atoms with Crippen LogP contribution in [0.3, 0.4) is 0 Å². The first kappa shape index (κ1) is 19.2. The number of nitrogens with zero attached hydrogens (tertiary/aromatic N) is 2. The molecule has 0 aromatic rings. The zero-order valence-corrected chi connectivity index (χ0v) is 15.0. The smallest absolute Gasteiger partial charge is 0.191 e. The lowest BCUT2D eigenvalue weighted by atomic mass is 9.97. The van der Waals surface area contributed by atoms with Crippen LogP contribution >= 0.6 is 0 Å². The maximum absolute atomic E-state index is 5.08. The standard InChI is InChI=1S/C17H36N4O/c1-5-18-17(19-9-7-11-22-4)20-12-16-8-6-10-21(14-16)13-15(2)3/h15-16H,5-14H2,1-4H3,(H2,18,19,20). The summed E-state index contributed by atoms with van der Waals surface area (Å²) < 4.78 is 5.08. The van der Waals surface area contributed by atoms with Gasteiger partial charge in [-0.05, 0) is 44.6 Å². The van der Waals surface area contributed by atoms with E-state index in [2.05, 4.69) is 36.3 Å². The molecule has 0 aliphatic carbocycles. The van der Waals surface area contributed by atoms with Crippen molar-refractivity contribution in [2.45, 2.75) is 40.0 Å². The molecule has 0 saturated carbocycles. The summed E-state index contributed by atoms with van der Waals surface area (Å²) >= 11 is 0. The Kier molecular flexibility index (Phi) is 10.2. The summed E-state index contributed by atoms with van der Waals surface area (Å²) in [6.07, 6.45) is 3.62. The number of piperidine rings is 1. The lowest BCUT2D eigenvalue weighted by Crippen LogP contribution is -2.41. The van der Waals surface area contributed by atoms with E-state index in [0.29, 0.717) is 5.92 Å². The monoisotopic (exact) mass is 312 g/mol. The van der Waals surface area contributed by atoms with Gasteiger partial charge in [-0.15, -0.1) is 0 Å². The minimum absolute atomic E-state index is 0.696. The second-order valence-electron chi connectivity index (χ2n) is 6.65. The van der Waals surface area contributed by atoms with Crippen molar-refractivity contribution in [3.63, 3.8) is 0 Å². The average molecular weight is 313 g/mol. The molecule has 22 heavy (non-hydrogen) atoms. The molecule has 1 unspecified atom stereocenters. The molecule has 1 aliphatic heterocycles. The number of hydrogen-bond acceptors (Lipinski definition) is 3. The fourth-order valence-corrected chi connectivity index (χ4v) is 2.97. The second-order valence-corrected chi connectivity index (χ2v) is 6.65. The molecule has 1 saturated heterocycles. The number of aliphatic imine (C=N–C) groups is 1. The molecular weight excluding hydrogens is 276 g/mol. The largest absolute Gasteiger partial charge is 0.385 e. The molecule has 130 valence electrons. The summed E-state index contributed by atoms with van der Waals surface area (Å²) in [5.74, 6) is 2.39. The van der Waals surface area contributed by atoms with E-state index in [4.69, 9.17) is 9.73 Å². The van der Waals surface area contributed by atoms with Crippen LogP contribution in [0, 0.1) is 11.8 Å². The van der Waals surface area contributed by atoms with Gasteiger partial charge >= 0.3 is 0 Å². The van der Waals surface area contributed by atoms with E-state index in [1.807, 2.05) is 0 Å². The van der Waals surface area contributed by atoms with Crippen molar-refractivity contribution in [2.24, 2.45) is 16.8 Å². The van der Waals surface area contributed by atoms with Crippen molar-refractivity contribution < 1.29 is 4.74 Å². The molecule has 5 nitrogen and oxygen atoms in total. The van der Waals surface area contributed by atoms with Gasteiger partial charge in [-0.3, -0.25) is 4.99 Å². The molecule has 0 amide bonds. The molecule has 1 fully saturated rings. The average Bonchev–Trinajstić information content (AvgIpc) is 2.49. The van der Waals surface area contributed by atoms with Crippen LogP contribution < -0.4 is 10.6 Å². The highest BCUT2D eigenvalue weighted by Gasteiger charge is 2.20. The second kappa shape index (κ2) is 11.7. The molecule has 2 N–H and O–H groups in total. The van der Waals surface area contributed by atoms with Crippen LogP contribution in [0.4, 0.5) is 0 Å². The van der Waals surface area contributed by atoms with Crippen LogP contribution in [-0.4, -0.2) is 63.8 Å². The molecule has 0 radical (unpaired) electrons. The van der Waals surface area contributed by atoms with Crippen molar-refractivity contribution in [3.8, 4) is 0 Å². The van der Waals surface area contributed by atoms with Gasteiger partial charge in [0.2, 0.25) is 0 Å². The van der Waals surface area contributed by atoms with E-state index in [0.717, 1.165) is 44.5 Å². The zero-order valence-electron chi connectivity index (χ0n) is 15.0. The Labute approximate surface area is 136 Å². The highest BCUT2D eigenvalue weighted by molar-refractivity contribution is 5.79. The molecular formula is C17H36N4O. The summed E-state index contributed by atoms with van der Waals surface area (Å²) in [5.41, 5.74) is 0. The van der Waals surface area contributed by atoms with E-state index in [1.165, 1.54) is 32.5 Å². The van der Waals surface area contributed by atoms with E-state index in [-0.39, 0.29) is 0 Å². The Bertz CT molecular complexity index is 307. The van der Waals surface area contributed by atoms with Gasteiger partial charge in [0.1, 0.15) is 0 Å². The number of guanidine groups is 1. The first-order valence-electron chi connectivity index (χ1n) is 8.89. The number of nitrogens with one attached hydrogen (secondary N) is 2. The molecule has 0 spiro atoms. The number of ether oxygens (including phenoxy) is 1. The molecule has 1 atom stereocenters. The van der Waals surface area contributed by atoms with Crippen LogP contribution in [0.2, 0.25) is 0 Å². The summed E-state index contributed by atoms with van der Waals surface area (Å²) in [6.45, 7) is 13.9. The third-order valence-corrected chi connectivity index (χ3v) is 3.90.